The van der Waals surface area contributed by atoms with Crippen molar-refractivity contribution in [3.8, 4) is 0 Å². The van der Waals surface area contributed by atoms with Crippen LogP contribution >= 0.6 is 0 Å². The van der Waals surface area contributed by atoms with Gasteiger partial charge in [-0.2, -0.15) is 0 Å². The van der Waals surface area contributed by atoms with E-state index in [1.807, 2.05) is 0 Å². The van der Waals surface area contributed by atoms with Crippen molar-refractivity contribution in [3.05, 3.63) is 0 Å². The summed E-state index contributed by atoms with van der Waals surface area (Å²) in [7, 11) is 0. The fourth-order valence-electron chi connectivity index (χ4n) is 0.798. The minimum atomic E-state index is -1.30. The van der Waals surface area contributed by atoms with Crippen LogP contribution in [0.25, 0.3) is 0 Å². The van der Waals surface area contributed by atoms with Gasteiger partial charge >= 0.3 is 0 Å². The lowest BCUT2D eigenvalue weighted by Gasteiger charge is -2.15. The molecule has 42 valence electrons. The maximum Gasteiger partial charge on any atom is 0.0269 e. The zero-order valence-electron chi connectivity index (χ0n) is 8.70. The molecule has 1 aliphatic rings. The Morgan fingerprint density at radius 1 is 1.29 bits per heavy atom. The summed E-state index contributed by atoms with van der Waals surface area (Å²) in [6.07, 6.45) is -0.921. The maximum absolute atomic E-state index is 7.51. The third-order valence-electron chi connectivity index (χ3n) is 1.25. The average molecular weight is 102 g/mol. The molecule has 0 aliphatic heterocycles. The molecule has 0 heteroatoms. The van der Waals surface area contributed by atoms with Gasteiger partial charge in [-0.25, -0.2) is 0 Å². The Bertz CT molecular complexity index is 137. The summed E-state index contributed by atoms with van der Waals surface area (Å²) in [5.41, 5.74) is 0. The van der Waals surface area contributed by atoms with Gasteiger partial charge < -0.3 is 0 Å². The van der Waals surface area contributed by atoms with E-state index in [1.165, 1.54) is 0 Å². The molecule has 0 saturated heterocycles. The van der Waals surface area contributed by atoms with E-state index < -0.39 is 18.7 Å². The molecule has 1 rings (SSSR count). The monoisotopic (exact) mass is 102 g/mol. The fraction of sp³-hybridized carbons (Fsp3) is 1.00. The summed E-state index contributed by atoms with van der Waals surface area (Å²) in [5, 5.41) is 0. The number of rotatable bonds is 0. The molecule has 0 unspecified atom stereocenters. The zero-order chi connectivity index (χ0) is 8.70. The van der Waals surface area contributed by atoms with Gasteiger partial charge in [0, 0.05) is 5.48 Å². The summed E-state index contributed by atoms with van der Waals surface area (Å²) >= 11 is 0. The minimum Gasteiger partial charge on any atom is -0.0625 e. The van der Waals surface area contributed by atoms with E-state index in [9.17, 15) is 0 Å². The Hall–Kier alpha value is 0. The lowest BCUT2D eigenvalue weighted by Crippen LogP contribution is -1.99. The van der Waals surface area contributed by atoms with E-state index in [0.717, 1.165) is 0 Å². The first-order valence-corrected chi connectivity index (χ1v) is 2.86. The van der Waals surface area contributed by atoms with Crippen molar-refractivity contribution in [1.29, 1.82) is 0 Å². The van der Waals surface area contributed by atoms with Crippen LogP contribution in [-0.2, 0) is 0 Å². The largest absolute Gasteiger partial charge is 0.0625 e. The fourth-order valence-corrected chi connectivity index (χ4v) is 0.798. The normalized spacial score (nSPS) is 48.1. The van der Waals surface area contributed by atoms with Crippen LogP contribution in [0.5, 0.6) is 0 Å². The van der Waals surface area contributed by atoms with Gasteiger partial charge in [0.15, 0.2) is 0 Å². The van der Waals surface area contributed by atoms with Crippen LogP contribution in [-0.4, -0.2) is 0 Å². The first-order valence-electron chi connectivity index (χ1n) is 4.86. The first kappa shape index (κ1) is 2.08. The first-order chi connectivity index (χ1) is 4.86. The molecule has 0 spiro atoms. The highest BCUT2D eigenvalue weighted by molar-refractivity contribution is 4.59. The van der Waals surface area contributed by atoms with Gasteiger partial charge in [0.2, 0.25) is 0 Å². The van der Waals surface area contributed by atoms with Crippen molar-refractivity contribution in [2.45, 2.75) is 38.9 Å². The second-order valence-corrected chi connectivity index (χ2v) is 1.98. The van der Waals surface area contributed by atoms with Gasteiger partial charge in [0.25, 0.3) is 0 Å². The van der Waals surface area contributed by atoms with Crippen molar-refractivity contribution in [3.63, 3.8) is 0 Å². The maximum atomic E-state index is 7.51. The van der Waals surface area contributed by atoms with Crippen molar-refractivity contribution >= 4 is 0 Å². The van der Waals surface area contributed by atoms with Gasteiger partial charge in [0.05, 0.1) is 0 Å². The molecule has 0 aromatic carbocycles. The van der Waals surface area contributed by atoms with Crippen LogP contribution in [0.15, 0.2) is 0 Å². The van der Waals surface area contributed by atoms with Crippen molar-refractivity contribution in [1.82, 2.24) is 0 Å². The van der Waals surface area contributed by atoms with Crippen LogP contribution in [0, 0.1) is 5.92 Å². The van der Waals surface area contributed by atoms with E-state index >= 15 is 0 Å². The second-order valence-electron chi connectivity index (χ2n) is 1.98. The van der Waals surface area contributed by atoms with Crippen LogP contribution in [0.1, 0.15) is 44.4 Å². The average Bonchev–Trinajstić information content (AvgIpc) is 1.82. The predicted molar refractivity (Wildman–Crippen MR) is 32.2 cm³/mol. The third-order valence-corrected chi connectivity index (χ3v) is 1.25. The van der Waals surface area contributed by atoms with Gasteiger partial charge in [-0.3, -0.25) is 0 Å². The molecule has 1 aliphatic carbocycles. The lowest BCUT2D eigenvalue weighted by atomic mass is 9.91. The Kier molecular flexibility index (Phi) is 0.697. The van der Waals surface area contributed by atoms with Gasteiger partial charge in [0.1, 0.15) is 0 Å². The van der Waals surface area contributed by atoms with Crippen molar-refractivity contribution in [2.24, 2.45) is 5.92 Å². The highest BCUT2D eigenvalue weighted by Crippen LogP contribution is 2.21. The third kappa shape index (κ3) is 1.50. The molecule has 7 heavy (non-hydrogen) atoms. The van der Waals surface area contributed by atoms with Crippen LogP contribution < -0.4 is 0 Å². The Balaban J connectivity index is 2.76. The standard InChI is InChI=1S/C7H14/c1-7-5-3-2-4-6-7/h7H,2-6H2,1H3/i5D2,6D2. The van der Waals surface area contributed by atoms with Gasteiger partial charge in [-0.15, -0.1) is 0 Å². The molecule has 0 aromatic rings. The zero-order valence-corrected chi connectivity index (χ0v) is 4.70. The van der Waals surface area contributed by atoms with Crippen LogP contribution in [0.3, 0.4) is 0 Å². The molecule has 0 heterocycles. The molecule has 0 atom stereocenters. The predicted octanol–water partition coefficient (Wildman–Crippen LogP) is 2.59. The smallest absolute Gasteiger partial charge is 0.0269 e. The second kappa shape index (κ2) is 2.34. The van der Waals surface area contributed by atoms with Gasteiger partial charge in [-0.1, -0.05) is 38.9 Å². The lowest BCUT2D eigenvalue weighted by molar-refractivity contribution is 0.385. The number of hydrogen-bond donors (Lipinski definition) is 0. The molecule has 0 aromatic heterocycles. The minimum absolute atomic E-state index is 0.469. The molecular formula is C7H14. The molecule has 0 radical (unpaired) electrons. The van der Waals surface area contributed by atoms with E-state index in [2.05, 4.69) is 0 Å². The number of hydrogen-bond acceptors (Lipinski definition) is 0. The topological polar surface area (TPSA) is 0 Å². The van der Waals surface area contributed by atoms with Crippen molar-refractivity contribution in [2.75, 3.05) is 0 Å². The molecule has 0 N–H and O–H groups in total. The molecule has 0 amide bonds. The Labute approximate surface area is 51.5 Å². The van der Waals surface area contributed by atoms with E-state index in [0.29, 0.717) is 19.3 Å². The molecule has 0 bridgehead atoms. The van der Waals surface area contributed by atoms with E-state index in [-0.39, 0.29) is 0 Å². The van der Waals surface area contributed by atoms with Crippen molar-refractivity contribution < 1.29 is 5.48 Å². The Morgan fingerprint density at radius 2 is 1.86 bits per heavy atom. The Morgan fingerprint density at radius 3 is 2.29 bits per heavy atom. The quantitative estimate of drug-likeness (QED) is 0.441. The highest BCUT2D eigenvalue weighted by Gasteiger charge is 2.05. The van der Waals surface area contributed by atoms with E-state index in [4.69, 9.17) is 5.48 Å². The molecule has 1 saturated carbocycles. The molecule has 1 fully saturated rings. The summed E-state index contributed by atoms with van der Waals surface area (Å²) < 4.78 is 30.1. The molecular weight excluding hydrogens is 84.1 g/mol. The van der Waals surface area contributed by atoms with Gasteiger partial charge in [-0.05, 0) is 5.92 Å². The molecule has 0 nitrogen and oxygen atoms in total. The summed E-state index contributed by atoms with van der Waals surface area (Å²) in [5.74, 6) is -0.469. The summed E-state index contributed by atoms with van der Waals surface area (Å²) in [4.78, 5) is 0. The van der Waals surface area contributed by atoms with E-state index in [1.54, 1.807) is 6.92 Å². The summed E-state index contributed by atoms with van der Waals surface area (Å²) in [6.45, 7) is 1.67. The van der Waals surface area contributed by atoms with Crippen LogP contribution in [0.2, 0.25) is 0 Å². The van der Waals surface area contributed by atoms with Crippen LogP contribution in [0.4, 0.5) is 0 Å². The highest BCUT2D eigenvalue weighted by atomic mass is 14.1. The summed E-state index contributed by atoms with van der Waals surface area (Å²) in [6, 6.07) is 0. The SMILES string of the molecule is [2H]C1([2H])CCCC([2H])([2H])C1C.